The molecule has 1 saturated heterocycles. The number of rotatable bonds is 5. The lowest BCUT2D eigenvalue weighted by Crippen LogP contribution is -2.55. The van der Waals surface area contributed by atoms with Gasteiger partial charge in [-0.15, -0.1) is 11.3 Å². The summed E-state index contributed by atoms with van der Waals surface area (Å²) >= 11 is 7.80. The second kappa shape index (κ2) is 10.8. The summed E-state index contributed by atoms with van der Waals surface area (Å²) in [6.45, 7) is 7.49. The zero-order valence-corrected chi connectivity index (χ0v) is 22.4. The molecule has 2 aromatic carbocycles. The summed E-state index contributed by atoms with van der Waals surface area (Å²) in [5.74, 6) is 0.159. The summed E-state index contributed by atoms with van der Waals surface area (Å²) < 4.78 is 0. The molecule has 188 valence electrons. The second-order valence-electron chi connectivity index (χ2n) is 9.84. The van der Waals surface area contributed by atoms with Gasteiger partial charge in [-0.3, -0.25) is 14.5 Å². The summed E-state index contributed by atoms with van der Waals surface area (Å²) in [4.78, 5) is 33.9. The molecule has 5 rings (SSSR count). The van der Waals surface area contributed by atoms with Crippen molar-refractivity contribution in [2.24, 2.45) is 0 Å². The van der Waals surface area contributed by atoms with Gasteiger partial charge in [0.1, 0.15) is 0 Å². The van der Waals surface area contributed by atoms with E-state index in [1.165, 1.54) is 21.6 Å². The van der Waals surface area contributed by atoms with Crippen LogP contribution in [0.2, 0.25) is 5.02 Å². The van der Waals surface area contributed by atoms with E-state index in [0.29, 0.717) is 36.6 Å². The molecule has 36 heavy (non-hydrogen) atoms. The van der Waals surface area contributed by atoms with Gasteiger partial charge in [0.05, 0.1) is 6.04 Å². The lowest BCUT2D eigenvalue weighted by molar-refractivity contribution is -0.134. The van der Waals surface area contributed by atoms with Gasteiger partial charge in [0.25, 0.3) is 5.91 Å². The fraction of sp³-hybridized carbons (Fsp3) is 0.379. The molecule has 2 aliphatic rings. The predicted molar refractivity (Wildman–Crippen MR) is 146 cm³/mol. The molecule has 7 heteroatoms. The van der Waals surface area contributed by atoms with E-state index in [1.807, 2.05) is 28.1 Å². The van der Waals surface area contributed by atoms with Crippen molar-refractivity contribution in [2.75, 3.05) is 32.7 Å². The topological polar surface area (TPSA) is 43.9 Å². The molecule has 1 aromatic heterocycles. The third-order valence-electron chi connectivity index (χ3n) is 7.40. The number of halogens is 1. The molecule has 2 amide bonds. The van der Waals surface area contributed by atoms with Crippen molar-refractivity contribution in [3.63, 3.8) is 0 Å². The minimum Gasteiger partial charge on any atom is -0.339 e. The van der Waals surface area contributed by atoms with Crippen LogP contribution in [0.25, 0.3) is 0 Å². The fourth-order valence-electron chi connectivity index (χ4n) is 5.39. The van der Waals surface area contributed by atoms with Crippen molar-refractivity contribution in [2.45, 2.75) is 38.8 Å². The molecule has 1 fully saturated rings. The van der Waals surface area contributed by atoms with Crippen molar-refractivity contribution < 1.29 is 9.59 Å². The Kier molecular flexibility index (Phi) is 7.47. The number of aryl methyl sites for hydroxylation is 1. The lowest BCUT2D eigenvalue weighted by Gasteiger charge is -2.41. The van der Waals surface area contributed by atoms with E-state index in [2.05, 4.69) is 47.5 Å². The smallest absolute Gasteiger partial charge is 0.254 e. The largest absolute Gasteiger partial charge is 0.339 e. The Bertz CT molecular complexity index is 1220. The monoisotopic (exact) mass is 521 g/mol. The number of hydrogen-bond acceptors (Lipinski definition) is 4. The van der Waals surface area contributed by atoms with Crippen molar-refractivity contribution in [3.05, 3.63) is 92.1 Å². The summed E-state index contributed by atoms with van der Waals surface area (Å²) in [7, 11) is 0. The van der Waals surface area contributed by atoms with Crippen LogP contribution in [0.5, 0.6) is 0 Å². The molecule has 2 unspecified atom stereocenters. The highest BCUT2D eigenvalue weighted by atomic mass is 35.5. The fourth-order valence-corrected chi connectivity index (χ4v) is 6.42. The Morgan fingerprint density at radius 1 is 1.00 bits per heavy atom. The van der Waals surface area contributed by atoms with Crippen molar-refractivity contribution >= 4 is 34.8 Å². The van der Waals surface area contributed by atoms with Crippen LogP contribution in [0.3, 0.4) is 0 Å². The second-order valence-corrected chi connectivity index (χ2v) is 11.3. The first-order valence-corrected chi connectivity index (χ1v) is 13.9. The first-order valence-electron chi connectivity index (χ1n) is 12.6. The van der Waals surface area contributed by atoms with Crippen molar-refractivity contribution in [3.8, 4) is 0 Å². The quantitative estimate of drug-likeness (QED) is 0.450. The van der Waals surface area contributed by atoms with Crippen molar-refractivity contribution in [1.82, 2.24) is 14.7 Å². The van der Waals surface area contributed by atoms with Gasteiger partial charge in [0.15, 0.2) is 0 Å². The number of nitrogens with zero attached hydrogens (tertiary/aromatic N) is 3. The van der Waals surface area contributed by atoms with E-state index in [4.69, 9.17) is 11.6 Å². The standard InChI is InChI=1S/C29H32ClN3O2S/c1-20-3-5-22(6-4-20)28-25-13-18-36-26(25)11-14-31(28)15-12-27(34)32-16-17-33(21(2)19-32)29(35)23-7-9-24(30)10-8-23/h3-10,13,18,21,28H,11-12,14-17,19H2,1-2H3. The maximum atomic E-state index is 13.2. The zero-order valence-electron chi connectivity index (χ0n) is 20.8. The van der Waals surface area contributed by atoms with E-state index in [-0.39, 0.29) is 23.9 Å². The normalized spacial score (nSPS) is 20.3. The van der Waals surface area contributed by atoms with E-state index >= 15 is 0 Å². The van der Waals surface area contributed by atoms with Crippen molar-refractivity contribution in [1.29, 1.82) is 0 Å². The highest BCUT2D eigenvalue weighted by Gasteiger charge is 2.32. The van der Waals surface area contributed by atoms with Gasteiger partial charge in [-0.25, -0.2) is 0 Å². The molecule has 0 saturated carbocycles. The van der Waals surface area contributed by atoms with Crippen LogP contribution in [0.4, 0.5) is 0 Å². The molecule has 0 aliphatic carbocycles. The Morgan fingerprint density at radius 2 is 1.75 bits per heavy atom. The molecule has 3 aromatic rings. The van der Waals surface area contributed by atoms with Crippen LogP contribution in [-0.4, -0.2) is 65.3 Å². The average Bonchev–Trinajstić information content (AvgIpc) is 3.36. The Balaban J connectivity index is 1.21. The maximum absolute atomic E-state index is 13.2. The van der Waals surface area contributed by atoms with E-state index in [0.717, 1.165) is 19.5 Å². The molecule has 5 nitrogen and oxygen atoms in total. The maximum Gasteiger partial charge on any atom is 0.254 e. The Hall–Kier alpha value is -2.67. The van der Waals surface area contributed by atoms with Crippen LogP contribution in [0.1, 0.15) is 51.3 Å². The van der Waals surface area contributed by atoms with Gasteiger partial charge in [-0.2, -0.15) is 0 Å². The van der Waals surface area contributed by atoms with Gasteiger partial charge in [-0.05, 0) is 67.1 Å². The minimum absolute atomic E-state index is 0.00732. The van der Waals surface area contributed by atoms with Gasteiger partial charge < -0.3 is 9.80 Å². The van der Waals surface area contributed by atoms with Crippen LogP contribution in [0.15, 0.2) is 60.0 Å². The number of benzene rings is 2. The summed E-state index contributed by atoms with van der Waals surface area (Å²) in [5, 5.41) is 2.80. The Labute approximate surface area is 222 Å². The molecule has 0 N–H and O–H groups in total. The number of carbonyl (C=O) groups is 2. The number of thiophene rings is 1. The van der Waals surface area contributed by atoms with Gasteiger partial charge >= 0.3 is 0 Å². The van der Waals surface area contributed by atoms with Crippen LogP contribution < -0.4 is 0 Å². The molecule has 0 bridgehead atoms. The van der Waals surface area contributed by atoms with E-state index in [9.17, 15) is 9.59 Å². The highest BCUT2D eigenvalue weighted by Crippen LogP contribution is 2.37. The van der Waals surface area contributed by atoms with Crippen LogP contribution >= 0.6 is 22.9 Å². The number of carbonyl (C=O) groups excluding carboxylic acids is 2. The molecule has 3 heterocycles. The number of fused-ring (bicyclic) bond motifs is 1. The first-order chi connectivity index (χ1) is 17.4. The van der Waals surface area contributed by atoms with Gasteiger partial charge in [0, 0.05) is 60.6 Å². The zero-order chi connectivity index (χ0) is 25.2. The molecular formula is C29H32ClN3O2S. The highest BCUT2D eigenvalue weighted by molar-refractivity contribution is 7.10. The third kappa shape index (κ3) is 5.22. The summed E-state index contributed by atoms with van der Waals surface area (Å²) in [5.41, 5.74) is 4.55. The molecule has 2 aliphatic heterocycles. The lowest BCUT2D eigenvalue weighted by atomic mass is 9.92. The Morgan fingerprint density at radius 3 is 2.47 bits per heavy atom. The van der Waals surface area contributed by atoms with Gasteiger partial charge in [0.2, 0.25) is 5.91 Å². The number of hydrogen-bond donors (Lipinski definition) is 0. The molecule has 0 spiro atoms. The molecule has 2 atom stereocenters. The third-order valence-corrected chi connectivity index (χ3v) is 8.65. The SMILES string of the molecule is Cc1ccc(C2c3ccsc3CCN2CCC(=O)N2CCN(C(=O)c3ccc(Cl)cc3)C(C)C2)cc1. The van der Waals surface area contributed by atoms with Crippen LogP contribution in [0, 0.1) is 6.92 Å². The number of amides is 2. The summed E-state index contributed by atoms with van der Waals surface area (Å²) in [6, 6.07) is 18.2. The minimum atomic E-state index is -0.0328. The number of piperazine rings is 1. The average molecular weight is 522 g/mol. The molecule has 0 radical (unpaired) electrons. The predicted octanol–water partition coefficient (Wildman–Crippen LogP) is 5.42. The van der Waals surface area contributed by atoms with E-state index < -0.39 is 0 Å². The van der Waals surface area contributed by atoms with Crippen LogP contribution in [-0.2, 0) is 11.2 Å². The first kappa shape index (κ1) is 25.0. The summed E-state index contributed by atoms with van der Waals surface area (Å²) in [6.07, 6.45) is 1.52. The molecular weight excluding hydrogens is 490 g/mol. The van der Waals surface area contributed by atoms with E-state index in [1.54, 1.807) is 24.3 Å². The van der Waals surface area contributed by atoms with Gasteiger partial charge in [-0.1, -0.05) is 41.4 Å².